The standard InChI is InChI=1S/C33H52N4OS/c1-10-25(3)22-29(26(4)34-30-14-12-13-15-31(30)39(9)38)27(11-2)23-32(35(7)8)37-20-18-36(19-21-37)28-16-17-33(5,6)24-28/h10,12-15,22-23,26,28,34H,1,11,16-21,24H2,2-9H3/b25-22-,29-27-,32-23+/t26-,28?,39?/m1/s1. The lowest BCUT2D eigenvalue weighted by Gasteiger charge is -2.42. The number of benzene rings is 1. The summed E-state index contributed by atoms with van der Waals surface area (Å²) in [6, 6.07) is 8.68. The lowest BCUT2D eigenvalue weighted by Crippen LogP contribution is -2.50. The summed E-state index contributed by atoms with van der Waals surface area (Å²) in [7, 11) is 3.25. The highest BCUT2D eigenvalue weighted by Gasteiger charge is 2.35. The van der Waals surface area contributed by atoms with Gasteiger partial charge in [0, 0.05) is 58.6 Å². The van der Waals surface area contributed by atoms with Gasteiger partial charge in [-0.3, -0.25) is 9.11 Å². The Morgan fingerprint density at radius 1 is 1.21 bits per heavy atom. The Balaban J connectivity index is 1.90. The maximum Gasteiger partial charge on any atom is 0.104 e. The van der Waals surface area contributed by atoms with Gasteiger partial charge in [-0.25, -0.2) is 0 Å². The molecule has 39 heavy (non-hydrogen) atoms. The van der Waals surface area contributed by atoms with Gasteiger partial charge in [-0.15, -0.1) is 0 Å². The predicted octanol–water partition coefficient (Wildman–Crippen LogP) is 6.66. The van der Waals surface area contributed by atoms with E-state index in [-0.39, 0.29) is 6.04 Å². The molecule has 216 valence electrons. The zero-order valence-corrected chi connectivity index (χ0v) is 26.5. The molecule has 1 aliphatic heterocycles. The molecule has 2 fully saturated rings. The third-order valence-corrected chi connectivity index (χ3v) is 9.33. The Morgan fingerprint density at radius 3 is 2.41 bits per heavy atom. The van der Waals surface area contributed by atoms with E-state index in [0.29, 0.717) is 5.41 Å². The van der Waals surface area contributed by atoms with Gasteiger partial charge in [-0.1, -0.05) is 57.2 Å². The van der Waals surface area contributed by atoms with Crippen LogP contribution in [0.5, 0.6) is 0 Å². The van der Waals surface area contributed by atoms with E-state index in [0.717, 1.165) is 54.8 Å². The maximum atomic E-state index is 12.4. The molecule has 1 saturated heterocycles. The summed E-state index contributed by atoms with van der Waals surface area (Å²) in [6.45, 7) is 19.7. The second-order valence-corrected chi connectivity index (χ2v) is 13.6. The van der Waals surface area contributed by atoms with Crippen molar-refractivity contribution in [3.05, 3.63) is 71.6 Å². The summed E-state index contributed by atoms with van der Waals surface area (Å²) in [5.74, 6) is 1.27. The smallest absolute Gasteiger partial charge is 0.104 e. The zero-order chi connectivity index (χ0) is 28.7. The summed E-state index contributed by atoms with van der Waals surface area (Å²) in [5.41, 5.74) is 5.08. The van der Waals surface area contributed by atoms with Gasteiger partial charge >= 0.3 is 0 Å². The molecule has 3 atom stereocenters. The summed E-state index contributed by atoms with van der Waals surface area (Å²) in [6.07, 6.45) is 13.2. The first-order valence-corrected chi connectivity index (χ1v) is 16.1. The van der Waals surface area contributed by atoms with Crippen LogP contribution in [-0.4, -0.2) is 77.5 Å². The lowest BCUT2D eigenvalue weighted by molar-refractivity contribution is 0.0969. The second-order valence-electron chi connectivity index (χ2n) is 12.2. The number of hydrogen-bond donors (Lipinski definition) is 1. The minimum Gasteiger partial charge on any atom is -0.378 e. The van der Waals surface area contributed by atoms with Gasteiger partial charge in [-0.2, -0.15) is 0 Å². The highest BCUT2D eigenvalue weighted by atomic mass is 32.2. The normalized spacial score (nSPS) is 22.8. The van der Waals surface area contributed by atoms with Crippen LogP contribution in [0.25, 0.3) is 0 Å². The molecule has 5 nitrogen and oxygen atoms in total. The van der Waals surface area contributed by atoms with E-state index in [1.54, 1.807) is 6.26 Å². The molecule has 0 amide bonds. The minimum atomic E-state index is -1.06. The van der Waals surface area contributed by atoms with Crippen LogP contribution in [0.2, 0.25) is 0 Å². The minimum absolute atomic E-state index is 0.0294. The van der Waals surface area contributed by atoms with E-state index in [1.165, 1.54) is 36.2 Å². The molecule has 6 heteroatoms. The zero-order valence-electron chi connectivity index (χ0n) is 25.7. The second kappa shape index (κ2) is 13.8. The average molecular weight is 553 g/mol. The van der Waals surface area contributed by atoms with Crippen LogP contribution in [0, 0.1) is 5.41 Å². The first-order valence-electron chi connectivity index (χ1n) is 14.6. The fourth-order valence-corrected chi connectivity index (χ4v) is 6.73. The van der Waals surface area contributed by atoms with Gasteiger partial charge in [0.25, 0.3) is 0 Å². The van der Waals surface area contributed by atoms with Crippen molar-refractivity contribution < 1.29 is 4.21 Å². The van der Waals surface area contributed by atoms with Crippen LogP contribution in [0.4, 0.5) is 5.69 Å². The molecule has 1 aliphatic carbocycles. The van der Waals surface area contributed by atoms with E-state index in [1.807, 2.05) is 30.3 Å². The molecule has 0 radical (unpaired) electrons. The molecule has 0 aromatic heterocycles. The molecular formula is C33H52N4OS. The molecule has 0 spiro atoms. The van der Waals surface area contributed by atoms with Gasteiger partial charge < -0.3 is 15.1 Å². The fourth-order valence-electron chi connectivity index (χ4n) is 6.02. The van der Waals surface area contributed by atoms with Gasteiger partial charge in [0.2, 0.25) is 0 Å². The van der Waals surface area contributed by atoms with Crippen molar-refractivity contribution in [3.8, 4) is 0 Å². The number of piperazine rings is 1. The summed E-state index contributed by atoms with van der Waals surface area (Å²) in [4.78, 5) is 8.39. The van der Waals surface area contributed by atoms with Crippen LogP contribution >= 0.6 is 0 Å². The van der Waals surface area contributed by atoms with E-state index < -0.39 is 10.8 Å². The third kappa shape index (κ3) is 8.34. The largest absolute Gasteiger partial charge is 0.378 e. The number of anilines is 1. The molecule has 1 N–H and O–H groups in total. The van der Waals surface area contributed by atoms with Crippen molar-refractivity contribution in [1.82, 2.24) is 14.7 Å². The van der Waals surface area contributed by atoms with Crippen molar-refractivity contribution in [2.75, 3.05) is 51.8 Å². The first-order chi connectivity index (χ1) is 18.5. The van der Waals surface area contributed by atoms with Crippen LogP contribution < -0.4 is 5.32 Å². The van der Waals surface area contributed by atoms with Gasteiger partial charge in [-0.05, 0) is 74.3 Å². The molecule has 0 bridgehead atoms. The van der Waals surface area contributed by atoms with Crippen molar-refractivity contribution in [3.63, 3.8) is 0 Å². The number of rotatable bonds is 11. The van der Waals surface area contributed by atoms with Crippen LogP contribution in [0.1, 0.15) is 60.3 Å². The van der Waals surface area contributed by atoms with Crippen LogP contribution in [0.3, 0.4) is 0 Å². The number of hydrogen-bond acceptors (Lipinski definition) is 5. The maximum absolute atomic E-state index is 12.4. The highest BCUT2D eigenvalue weighted by Crippen LogP contribution is 2.39. The molecule has 1 heterocycles. The number of allylic oxidation sites excluding steroid dienone is 4. The van der Waals surface area contributed by atoms with Crippen molar-refractivity contribution >= 4 is 16.5 Å². The molecule has 2 aliphatic rings. The Kier molecular flexibility index (Phi) is 11.1. The number of para-hydroxylation sites is 1. The molecule has 1 aromatic carbocycles. The Labute approximate surface area is 241 Å². The topological polar surface area (TPSA) is 38.8 Å². The molecule has 3 rings (SSSR count). The SMILES string of the molecule is C=C\C(C)=C/C(=C(/C=C(\N(C)C)N1CCN(C2CCC(C)(C)C2)CC1)CC)[C@@H](C)Nc1ccccc1S(C)=O. The average Bonchev–Trinajstić information content (AvgIpc) is 3.27. The highest BCUT2D eigenvalue weighted by molar-refractivity contribution is 7.84. The summed E-state index contributed by atoms with van der Waals surface area (Å²) < 4.78 is 12.4. The van der Waals surface area contributed by atoms with Crippen LogP contribution in [-0.2, 0) is 10.8 Å². The van der Waals surface area contributed by atoms with Gasteiger partial charge in [0.15, 0.2) is 0 Å². The van der Waals surface area contributed by atoms with Gasteiger partial charge in [0.1, 0.15) is 5.82 Å². The van der Waals surface area contributed by atoms with E-state index >= 15 is 0 Å². The van der Waals surface area contributed by atoms with E-state index in [2.05, 4.69) is 87.5 Å². The Bertz CT molecular complexity index is 1110. The van der Waals surface area contributed by atoms with Gasteiger partial charge in [0.05, 0.1) is 21.4 Å². The summed E-state index contributed by atoms with van der Waals surface area (Å²) in [5, 5.41) is 3.67. The van der Waals surface area contributed by atoms with E-state index in [9.17, 15) is 4.21 Å². The third-order valence-electron chi connectivity index (χ3n) is 8.35. The Morgan fingerprint density at radius 2 is 1.87 bits per heavy atom. The van der Waals surface area contributed by atoms with Crippen molar-refractivity contribution in [2.45, 2.75) is 77.3 Å². The molecule has 1 saturated carbocycles. The summed E-state index contributed by atoms with van der Waals surface area (Å²) >= 11 is 0. The first kappa shape index (κ1) is 31.2. The molecule has 2 unspecified atom stereocenters. The molecule has 1 aromatic rings. The lowest BCUT2D eigenvalue weighted by atomic mass is 9.91. The molecular weight excluding hydrogens is 500 g/mol. The Hall–Kier alpha value is -2.31. The van der Waals surface area contributed by atoms with E-state index in [4.69, 9.17) is 0 Å². The number of nitrogens with zero attached hydrogens (tertiary/aromatic N) is 3. The fraction of sp³-hybridized carbons (Fsp3) is 0.576. The monoisotopic (exact) mass is 552 g/mol. The predicted molar refractivity (Wildman–Crippen MR) is 169 cm³/mol. The number of nitrogens with one attached hydrogen (secondary N) is 1. The van der Waals surface area contributed by atoms with Crippen LogP contribution in [0.15, 0.2) is 76.5 Å². The van der Waals surface area contributed by atoms with Crippen molar-refractivity contribution in [2.24, 2.45) is 5.41 Å². The van der Waals surface area contributed by atoms with Crippen molar-refractivity contribution in [1.29, 1.82) is 0 Å². The quantitative estimate of drug-likeness (QED) is 0.311.